The molecule has 0 amide bonds. The number of hydrogen-bond acceptors (Lipinski definition) is 2. The smallest absolute Gasteiger partial charge is 0.130 e. The minimum absolute atomic E-state index is 0.163. The van der Waals surface area contributed by atoms with Gasteiger partial charge in [-0.1, -0.05) is 56.0 Å². The van der Waals surface area contributed by atoms with Gasteiger partial charge in [-0.2, -0.15) is 0 Å². The molecule has 1 aliphatic rings. The zero-order valence-electron chi connectivity index (χ0n) is 23.1. The van der Waals surface area contributed by atoms with E-state index in [9.17, 15) is 0 Å². The number of aryl methyl sites for hydroxylation is 2. The van der Waals surface area contributed by atoms with E-state index in [1.807, 2.05) is 25.1 Å². The Bertz CT molecular complexity index is 1140. The van der Waals surface area contributed by atoms with Crippen molar-refractivity contribution in [2.45, 2.75) is 52.4 Å². The maximum atomic E-state index is 15.3. The first-order valence-corrected chi connectivity index (χ1v) is 13.5. The van der Waals surface area contributed by atoms with E-state index < -0.39 is 0 Å². The molecule has 2 nitrogen and oxygen atoms in total. The van der Waals surface area contributed by atoms with E-state index in [2.05, 4.69) is 80.5 Å². The van der Waals surface area contributed by atoms with Gasteiger partial charge in [0.2, 0.25) is 0 Å². The van der Waals surface area contributed by atoms with Gasteiger partial charge in [-0.05, 0) is 104 Å². The van der Waals surface area contributed by atoms with Crippen molar-refractivity contribution in [1.82, 2.24) is 4.90 Å². The number of aliphatic imine (C=N–C) groups is 1. The van der Waals surface area contributed by atoms with Crippen LogP contribution < -0.4 is 0 Å². The molecule has 1 fully saturated rings. The monoisotopic (exact) mass is 498 g/mol. The van der Waals surface area contributed by atoms with Crippen LogP contribution in [0.15, 0.2) is 90.7 Å². The van der Waals surface area contributed by atoms with E-state index in [4.69, 9.17) is 0 Å². The topological polar surface area (TPSA) is 15.6 Å². The molecule has 0 radical (unpaired) electrons. The maximum Gasteiger partial charge on any atom is 0.130 e. The summed E-state index contributed by atoms with van der Waals surface area (Å²) in [7, 11) is 4.28. The second-order valence-corrected chi connectivity index (χ2v) is 10.5. The standard InChI is InChI=1S/C34H43FN2/c1-7-13-33(37(5)6)34-28(19-18-27-14-10-9-11-15-27)16-12-17-29(34)23-30-24-32(35)31(22-26(30)4)25(3)20-21-36-8-2/h7-11,13-15,20-22,24,28-29,34H,1-2,12,16-19,23H2,3-6H3/b25-20+,33-13-,36-21-. The highest BCUT2D eigenvalue weighted by atomic mass is 19.1. The summed E-state index contributed by atoms with van der Waals surface area (Å²) in [6.07, 6.45) is 15.8. The molecule has 0 N–H and O–H groups in total. The average molecular weight is 499 g/mol. The van der Waals surface area contributed by atoms with Crippen molar-refractivity contribution < 1.29 is 4.39 Å². The Kier molecular flexibility index (Phi) is 10.7. The van der Waals surface area contributed by atoms with Crippen LogP contribution in [0.2, 0.25) is 0 Å². The third-order valence-corrected chi connectivity index (χ3v) is 7.81. The van der Waals surface area contributed by atoms with Crippen molar-refractivity contribution in [1.29, 1.82) is 0 Å². The summed E-state index contributed by atoms with van der Waals surface area (Å²) in [6.45, 7) is 11.6. The highest BCUT2D eigenvalue weighted by Gasteiger charge is 2.36. The number of hydrogen-bond donors (Lipinski definition) is 0. The molecule has 0 aromatic heterocycles. The van der Waals surface area contributed by atoms with E-state index in [-0.39, 0.29) is 5.82 Å². The van der Waals surface area contributed by atoms with Crippen LogP contribution >= 0.6 is 0 Å². The summed E-state index contributed by atoms with van der Waals surface area (Å²) >= 11 is 0. The average Bonchev–Trinajstić information content (AvgIpc) is 2.89. The lowest BCUT2D eigenvalue weighted by Crippen LogP contribution is -2.36. The highest BCUT2D eigenvalue weighted by molar-refractivity contribution is 5.84. The van der Waals surface area contributed by atoms with Gasteiger partial charge in [0.05, 0.1) is 0 Å². The molecule has 1 aliphatic carbocycles. The molecule has 0 aliphatic heterocycles. The molecule has 196 valence electrons. The zero-order valence-corrected chi connectivity index (χ0v) is 23.1. The quantitative estimate of drug-likeness (QED) is 0.224. The van der Waals surface area contributed by atoms with Crippen LogP contribution in [0.1, 0.15) is 54.9 Å². The zero-order chi connectivity index (χ0) is 26.8. The van der Waals surface area contributed by atoms with Crippen LogP contribution in [0.25, 0.3) is 5.57 Å². The maximum absolute atomic E-state index is 15.3. The molecule has 0 spiro atoms. The minimum atomic E-state index is -0.163. The number of rotatable bonds is 11. The van der Waals surface area contributed by atoms with Gasteiger partial charge in [0.1, 0.15) is 5.82 Å². The molecule has 3 rings (SSSR count). The molecule has 2 aromatic carbocycles. The lowest BCUT2D eigenvalue weighted by molar-refractivity contribution is 0.148. The van der Waals surface area contributed by atoms with Crippen LogP contribution in [0, 0.1) is 30.5 Å². The van der Waals surface area contributed by atoms with Gasteiger partial charge < -0.3 is 4.90 Å². The van der Waals surface area contributed by atoms with Crippen LogP contribution in [-0.2, 0) is 12.8 Å². The van der Waals surface area contributed by atoms with Crippen LogP contribution in [0.5, 0.6) is 0 Å². The first-order chi connectivity index (χ1) is 17.8. The Morgan fingerprint density at radius 1 is 1.08 bits per heavy atom. The lowest BCUT2D eigenvalue weighted by atomic mass is 9.66. The molecule has 1 saturated carbocycles. The van der Waals surface area contributed by atoms with E-state index >= 15 is 4.39 Å². The Morgan fingerprint density at radius 3 is 2.49 bits per heavy atom. The molecule has 37 heavy (non-hydrogen) atoms. The molecule has 3 atom stereocenters. The predicted molar refractivity (Wildman–Crippen MR) is 158 cm³/mol. The number of benzene rings is 2. The van der Waals surface area contributed by atoms with Gasteiger partial charge in [-0.3, -0.25) is 4.99 Å². The summed E-state index contributed by atoms with van der Waals surface area (Å²) in [6, 6.07) is 14.6. The van der Waals surface area contributed by atoms with Crippen LogP contribution in [0.3, 0.4) is 0 Å². The molecule has 2 aromatic rings. The molecule has 0 saturated heterocycles. The van der Waals surface area contributed by atoms with Crippen molar-refractivity contribution >= 4 is 11.8 Å². The fraction of sp³-hybridized carbons (Fsp3) is 0.382. The van der Waals surface area contributed by atoms with E-state index in [0.717, 1.165) is 42.4 Å². The van der Waals surface area contributed by atoms with Crippen molar-refractivity contribution in [2.75, 3.05) is 14.1 Å². The summed E-state index contributed by atoms with van der Waals surface area (Å²) in [5.74, 6) is 1.31. The first-order valence-electron chi connectivity index (χ1n) is 13.5. The first kappa shape index (κ1) is 28.4. The summed E-state index contributed by atoms with van der Waals surface area (Å²) in [5.41, 5.74) is 6.50. The molecular formula is C34H43FN2. The predicted octanol–water partition coefficient (Wildman–Crippen LogP) is 8.59. The third-order valence-electron chi connectivity index (χ3n) is 7.81. The molecule has 0 bridgehead atoms. The molecule has 0 heterocycles. The number of halogens is 1. The van der Waals surface area contributed by atoms with Gasteiger partial charge in [0.25, 0.3) is 0 Å². The SMILES string of the molecule is C=C/C=C(/C1C(CCc2ccccc2)CCCC1Cc1cc(F)c(/C(C)=C/C=N\C=C)cc1C)N(C)C. The molecule has 3 unspecified atom stereocenters. The Labute approximate surface area is 224 Å². The van der Waals surface area contributed by atoms with Crippen molar-refractivity contribution in [3.05, 3.63) is 114 Å². The second-order valence-electron chi connectivity index (χ2n) is 10.5. The summed E-state index contributed by atoms with van der Waals surface area (Å²) < 4.78 is 15.3. The number of allylic oxidation sites excluding steroid dienone is 5. The van der Waals surface area contributed by atoms with E-state index in [1.165, 1.54) is 30.3 Å². The fourth-order valence-corrected chi connectivity index (χ4v) is 5.93. The highest BCUT2D eigenvalue weighted by Crippen LogP contribution is 2.44. The summed E-state index contributed by atoms with van der Waals surface area (Å²) in [5, 5.41) is 0. The van der Waals surface area contributed by atoms with E-state index in [1.54, 1.807) is 12.3 Å². The van der Waals surface area contributed by atoms with E-state index in [0.29, 0.717) is 23.3 Å². The second kappa shape index (κ2) is 13.9. The van der Waals surface area contributed by atoms with Gasteiger partial charge in [-0.15, -0.1) is 0 Å². The minimum Gasteiger partial charge on any atom is -0.381 e. The largest absolute Gasteiger partial charge is 0.381 e. The third kappa shape index (κ3) is 7.64. The molecular weight excluding hydrogens is 455 g/mol. The van der Waals surface area contributed by atoms with Crippen molar-refractivity contribution in [3.63, 3.8) is 0 Å². The molecule has 3 heteroatoms. The Balaban J connectivity index is 1.90. The van der Waals surface area contributed by atoms with Gasteiger partial charge in [0.15, 0.2) is 0 Å². The van der Waals surface area contributed by atoms with Crippen LogP contribution in [-0.4, -0.2) is 25.2 Å². The summed E-state index contributed by atoms with van der Waals surface area (Å²) in [4.78, 5) is 6.26. The number of nitrogens with zero attached hydrogens (tertiary/aromatic N) is 2. The lowest BCUT2D eigenvalue weighted by Gasteiger charge is -2.42. The van der Waals surface area contributed by atoms with Crippen molar-refractivity contribution in [2.24, 2.45) is 22.7 Å². The Hall–Kier alpha value is -3.20. The fourth-order valence-electron chi connectivity index (χ4n) is 5.93. The van der Waals surface area contributed by atoms with Gasteiger partial charge in [0, 0.05) is 43.7 Å². The Morgan fingerprint density at radius 2 is 1.81 bits per heavy atom. The van der Waals surface area contributed by atoms with Gasteiger partial charge in [-0.25, -0.2) is 4.39 Å². The van der Waals surface area contributed by atoms with Gasteiger partial charge >= 0.3 is 0 Å². The normalized spacial score (nSPS) is 20.7. The van der Waals surface area contributed by atoms with Crippen LogP contribution in [0.4, 0.5) is 4.39 Å². The van der Waals surface area contributed by atoms with Crippen molar-refractivity contribution in [3.8, 4) is 0 Å².